The first-order valence-electron chi connectivity index (χ1n) is 46.8. The van der Waals surface area contributed by atoms with Gasteiger partial charge < -0.3 is 166 Å². The number of benzene rings is 6. The van der Waals surface area contributed by atoms with Gasteiger partial charge in [0, 0.05) is 79.1 Å². The molecule has 7 amide bonds. The van der Waals surface area contributed by atoms with Crippen molar-refractivity contribution in [3.05, 3.63) is 216 Å². The Morgan fingerprint density at radius 3 is 1.47 bits per heavy atom. The second-order valence-electron chi connectivity index (χ2n) is 35.6. The summed E-state index contributed by atoms with van der Waals surface area (Å²) in [6.07, 6.45) is -29.1. The lowest BCUT2D eigenvalue weighted by atomic mass is 9.99. The van der Waals surface area contributed by atoms with Crippen LogP contribution in [0.25, 0.3) is 0 Å². The Labute approximate surface area is 860 Å². The number of rotatable bonds is 40. The number of imide groups is 1. The van der Waals surface area contributed by atoms with Crippen molar-refractivity contribution in [2.45, 2.75) is 182 Å². The summed E-state index contributed by atoms with van der Waals surface area (Å²) < 4.78 is 131. The van der Waals surface area contributed by atoms with E-state index in [1.54, 1.807) is 6.20 Å². The number of aliphatic hydroxyl groups is 13. The molecule has 3 saturated heterocycles. The summed E-state index contributed by atoms with van der Waals surface area (Å²) in [5, 5.41) is 162. The van der Waals surface area contributed by atoms with Crippen molar-refractivity contribution >= 4 is 92.1 Å². The number of ether oxygens (including phenoxy) is 15. The van der Waals surface area contributed by atoms with Crippen LogP contribution in [0.3, 0.4) is 0 Å². The number of carbonyl (C=O) groups is 8. The third kappa shape index (κ3) is 23.8. The molecule has 14 N–H and O–H groups in total. The number of amides is 7. The minimum atomic E-state index is -5.64. The van der Waals surface area contributed by atoms with Crippen LogP contribution < -0.4 is 51.3 Å². The number of nitrogens with zero attached hydrogens (tertiary/aromatic N) is 9. The molecule has 2 unspecified atom stereocenters. The fourth-order valence-electron chi connectivity index (χ4n) is 17.7. The zero-order chi connectivity index (χ0) is 106. The molecule has 802 valence electrons. The first-order valence-corrected chi connectivity index (χ1v) is 49.9. The van der Waals surface area contributed by atoms with Crippen LogP contribution >= 0.6 is 22.7 Å². The monoisotopic (exact) mass is 2150 g/mol. The highest BCUT2D eigenvalue weighted by atomic mass is 32.3. The number of aromatic nitrogens is 3. The third-order valence-corrected chi connectivity index (χ3v) is 28.5. The fourth-order valence-corrected chi connectivity index (χ4v) is 20.3. The number of likely N-dealkylation sites (N-methyl/N-ethyl adjacent to an activating group) is 1. The van der Waals surface area contributed by atoms with Gasteiger partial charge in [-0.25, -0.2) is 28.9 Å². The first-order chi connectivity index (χ1) is 72.0. The Morgan fingerprint density at radius 1 is 0.480 bits per heavy atom. The second kappa shape index (κ2) is 47.0. The van der Waals surface area contributed by atoms with Crippen molar-refractivity contribution in [3.63, 3.8) is 0 Å². The number of methoxy groups -OCH3 is 2. The number of fused-ring (bicyclic) bond motifs is 6. The van der Waals surface area contributed by atoms with E-state index < -0.39 is 232 Å². The number of aliphatic hydroxyl groups excluding tert-OH is 13. The predicted octanol–water partition coefficient (Wildman–Crippen LogP) is 0.239. The topological polar surface area (TPSA) is 661 Å². The van der Waals surface area contributed by atoms with Gasteiger partial charge in [-0.2, -0.15) is 0 Å². The van der Waals surface area contributed by atoms with E-state index in [1.807, 2.05) is 22.9 Å². The summed E-state index contributed by atoms with van der Waals surface area (Å²) in [6.45, 7) is -3.21. The molecule has 0 saturated carbocycles. The molecule has 19 atom stereocenters. The summed E-state index contributed by atoms with van der Waals surface area (Å²) in [4.78, 5) is 119. The normalized spacial score (nSPS) is 24.9. The van der Waals surface area contributed by atoms with Crippen LogP contribution in [0.2, 0.25) is 0 Å². The smallest absolute Gasteiger partial charge is 0.493 e. The molecule has 8 aliphatic heterocycles. The van der Waals surface area contributed by atoms with E-state index in [0.29, 0.717) is 11.3 Å². The quantitative estimate of drug-likeness (QED) is 0.0181. The Hall–Kier alpha value is -13.4. The molecule has 0 spiro atoms. The van der Waals surface area contributed by atoms with E-state index in [-0.39, 0.29) is 164 Å². The van der Waals surface area contributed by atoms with Crippen LogP contribution in [-0.4, -0.2) is 359 Å². The van der Waals surface area contributed by atoms with Gasteiger partial charge in [0.25, 0.3) is 29.5 Å². The highest BCUT2D eigenvalue weighted by Crippen LogP contribution is 2.47. The number of anilines is 2. The van der Waals surface area contributed by atoms with E-state index in [2.05, 4.69) is 10.3 Å². The molecule has 9 aromatic rings. The van der Waals surface area contributed by atoms with Crippen molar-refractivity contribution in [2.75, 3.05) is 90.4 Å². The summed E-state index contributed by atoms with van der Waals surface area (Å²) in [5.74, 6) is -7.33. The maximum atomic E-state index is 15.2. The van der Waals surface area contributed by atoms with Crippen LogP contribution in [0, 0.1) is 0 Å². The van der Waals surface area contributed by atoms with Gasteiger partial charge >= 0.3 is 28.6 Å². The minimum absolute atomic E-state index is 0.00157. The molecule has 0 radical (unpaired) electrons. The Balaban J connectivity index is 0.660. The fraction of sp³-hybridized carbons (Fsp3) is 0.423. The van der Waals surface area contributed by atoms with Gasteiger partial charge in [-0.1, -0.05) is 29.5 Å². The summed E-state index contributed by atoms with van der Waals surface area (Å²) in [7, 11) is -1.75. The van der Waals surface area contributed by atoms with E-state index >= 15 is 27.6 Å². The second-order valence-corrected chi connectivity index (χ2v) is 38.7. The van der Waals surface area contributed by atoms with Crippen LogP contribution in [0.5, 0.6) is 51.7 Å². The Bertz CT molecular complexity index is 6500. The lowest BCUT2D eigenvalue weighted by molar-refractivity contribution is -0.277. The molecule has 6 aromatic carbocycles. The van der Waals surface area contributed by atoms with Gasteiger partial charge in [0.1, 0.15) is 117 Å². The van der Waals surface area contributed by atoms with Gasteiger partial charge in [0.15, 0.2) is 53.1 Å². The van der Waals surface area contributed by atoms with Crippen LogP contribution in [0.15, 0.2) is 150 Å². The molecule has 50 nitrogen and oxygen atoms in total. The Kier molecular flexibility index (Phi) is 33.8. The average Bonchev–Trinajstić information content (AvgIpc) is 1.59. The first kappa shape index (κ1) is 108. The summed E-state index contributed by atoms with van der Waals surface area (Å²) in [5.41, 5.74) is 1.47. The molecule has 150 heavy (non-hydrogen) atoms. The van der Waals surface area contributed by atoms with Gasteiger partial charge in [-0.3, -0.25) is 28.9 Å². The highest BCUT2D eigenvalue weighted by Gasteiger charge is 2.53. The number of hydrogen-bond acceptors (Lipinski definition) is 44. The van der Waals surface area contributed by atoms with Crippen molar-refractivity contribution < 1.29 is 198 Å². The van der Waals surface area contributed by atoms with E-state index in [1.165, 1.54) is 160 Å². The molecule has 17 rings (SSSR count). The van der Waals surface area contributed by atoms with Crippen molar-refractivity contribution in [1.29, 1.82) is 0 Å². The average molecular weight is 2150 g/mol. The van der Waals surface area contributed by atoms with Crippen LogP contribution in [-0.2, 0) is 128 Å². The number of carboxylic acid groups (broad SMARTS) is 1. The summed E-state index contributed by atoms with van der Waals surface area (Å²) >= 11 is 2.74. The van der Waals surface area contributed by atoms with Gasteiger partial charge in [0.05, 0.1) is 121 Å². The number of carbonyl (C=O) groups excluding carboxylic acids is 7. The SMILES string of the molecule is COc1cc2c(cc1OCc1cc(COc3cc4c(cc3OC)C(=O)N3Cc5ccsc5C[C@H]3C(O)N4C(=O)OCc3ccc(O[C@@H]4O[C@H](CO)[C@H](O)[C@H](O)[C@H]4O)cc3)cc(OS(=O)(=O)Oc3cc(C(=O)N(C)CCOCCn4cc(COCCOCCN5C(=O)C=CC5=O)nn4)ccc3O[C@@H]3O[C@H](CO)[C@H](O)[C@H](O)[C@H]3O)c1)N(C(=O)OCc1ccc(O[C@@H]3O[C@H](C(=O)O)[C@H](O)[C@H](O)[C@H]3O)cc1)C(O)[C@@H]1Cc3sccc3CN1C2=O. The van der Waals surface area contributed by atoms with Gasteiger partial charge in [0.2, 0.25) is 18.9 Å². The minimum Gasteiger partial charge on any atom is -0.493 e. The van der Waals surface area contributed by atoms with E-state index in [4.69, 9.17) is 79.4 Å². The maximum absolute atomic E-state index is 15.2. The molecule has 11 heterocycles. The number of thiophene rings is 2. The van der Waals surface area contributed by atoms with Crippen LogP contribution in [0.4, 0.5) is 21.0 Å². The van der Waals surface area contributed by atoms with Crippen molar-refractivity contribution in [1.82, 2.24) is 34.6 Å². The Morgan fingerprint density at radius 2 is 0.967 bits per heavy atom. The molecular weight excluding hydrogens is 2040 g/mol. The lowest BCUT2D eigenvalue weighted by Gasteiger charge is -2.39. The zero-order valence-electron chi connectivity index (χ0n) is 79.9. The zero-order valence-corrected chi connectivity index (χ0v) is 82.3. The molecule has 0 aliphatic carbocycles. The van der Waals surface area contributed by atoms with Crippen LogP contribution in [0.1, 0.15) is 79.9 Å². The van der Waals surface area contributed by atoms with Gasteiger partial charge in [-0.15, -0.1) is 36.2 Å². The highest BCUT2D eigenvalue weighted by molar-refractivity contribution is 7.82. The van der Waals surface area contributed by atoms with Crippen molar-refractivity contribution in [3.8, 4) is 51.7 Å². The number of carboxylic acids is 1. The molecule has 53 heteroatoms. The molecular formula is C97H105N9O41S3. The molecule has 3 aromatic heterocycles. The number of hydrogen-bond donors (Lipinski definition) is 14. The lowest BCUT2D eigenvalue weighted by Crippen LogP contribution is -2.61. The van der Waals surface area contributed by atoms with Gasteiger partial charge in [-0.05, 0) is 129 Å². The summed E-state index contributed by atoms with van der Waals surface area (Å²) in [6, 6.07) is 24.6. The predicted molar refractivity (Wildman–Crippen MR) is 509 cm³/mol. The standard InChI is InChI=1S/C97H105N9O41S3/c1-100(18-21-133-22-19-101-40-55(98-99-101)47-135-25-24-134-23-20-102-75(109)14-15-76(102)110)87(120)52-8-13-65(142-95-84(118)80(114)78(112)72(42-108)144-95)70(31-52)147-150(129,130)146-58-29-50(45-136-68-34-61-59(32-66(68)131-2)88(121)103-38-53-16-26-148-73(53)36-63(103)90(123)105(61)96(127)138-43-48-4-9-56(10-5-48)140-93-83(117)79(113)77(111)71(41-107)143-93)28-51(30-58)46-137-69-35-62-60(33-67(69)132-3)89(122)104-39-54-17-27-149-74(54)37-64(104)91(124)106(62)97(128)139-44-49-6-11-57(12-7-49)141-94-85(119)81(115)82(116)86(145-94)92(125)126/h4-17,26-35,40,63-64,71-72,77-86,90-91,93-95,107-108,111-119,123-124H,18-25,36-39,41-47H2,1-3H3,(H,125,126)/t63-,64-,71+,72+,77-,78-,79-,80-,81-,82+,83+,84+,85+,86-,90?,91?,93+,94+,95+/m0/s1. The van der Waals surface area contributed by atoms with Crippen molar-refractivity contribution in [2.24, 2.45) is 0 Å². The largest absolute Gasteiger partial charge is 0.501 e. The number of aliphatic carboxylic acids is 1. The third-order valence-electron chi connectivity index (χ3n) is 25.8. The molecule has 0 bridgehead atoms. The molecule has 3 fully saturated rings. The maximum Gasteiger partial charge on any atom is 0.501 e. The van der Waals surface area contributed by atoms with E-state index in [9.17, 15) is 90.7 Å². The van der Waals surface area contributed by atoms with E-state index in [0.717, 1.165) is 59.8 Å². The molecule has 8 aliphatic rings.